The van der Waals surface area contributed by atoms with Gasteiger partial charge in [-0.3, -0.25) is 9.59 Å². The quantitative estimate of drug-likeness (QED) is 0.647. The number of piperazine rings is 1. The van der Waals surface area contributed by atoms with Crippen molar-refractivity contribution in [3.63, 3.8) is 0 Å². The van der Waals surface area contributed by atoms with Gasteiger partial charge < -0.3 is 20.0 Å². The van der Waals surface area contributed by atoms with E-state index in [1.807, 2.05) is 23.1 Å². The predicted molar refractivity (Wildman–Crippen MR) is 138 cm³/mol. The first-order chi connectivity index (χ1) is 17.0. The van der Waals surface area contributed by atoms with Gasteiger partial charge in [0.15, 0.2) is 0 Å². The van der Waals surface area contributed by atoms with Crippen molar-refractivity contribution in [3.05, 3.63) is 29.3 Å². The van der Waals surface area contributed by atoms with Crippen LogP contribution in [0.2, 0.25) is 0 Å². The third-order valence-corrected chi connectivity index (χ3v) is 9.80. The smallest absolute Gasteiger partial charge is 0.254 e. The number of fused-ring (bicyclic) bond motifs is 1. The molecule has 1 aromatic carbocycles. The highest BCUT2D eigenvalue weighted by Gasteiger charge is 2.51. The Kier molecular flexibility index (Phi) is 6.38. The van der Waals surface area contributed by atoms with Gasteiger partial charge in [-0.05, 0) is 106 Å². The van der Waals surface area contributed by atoms with Crippen LogP contribution in [0.15, 0.2) is 18.2 Å². The number of rotatable bonds is 7. The van der Waals surface area contributed by atoms with Crippen LogP contribution in [-0.2, 0) is 11.2 Å². The van der Waals surface area contributed by atoms with Crippen LogP contribution in [0.4, 0.5) is 5.69 Å². The molecule has 0 radical (unpaired) electrons. The van der Waals surface area contributed by atoms with Crippen LogP contribution in [0, 0.1) is 23.2 Å². The van der Waals surface area contributed by atoms with E-state index in [4.69, 9.17) is 0 Å². The maximum absolute atomic E-state index is 13.3. The molecule has 2 heterocycles. The minimum absolute atomic E-state index is 0.127. The summed E-state index contributed by atoms with van der Waals surface area (Å²) in [6.45, 7) is 7.13. The van der Waals surface area contributed by atoms with E-state index in [-0.39, 0.29) is 17.2 Å². The second kappa shape index (κ2) is 9.51. The summed E-state index contributed by atoms with van der Waals surface area (Å²) in [5, 5.41) is 3.25. The molecule has 6 heteroatoms. The maximum atomic E-state index is 13.3. The third kappa shape index (κ3) is 4.89. The molecule has 1 saturated heterocycles. The van der Waals surface area contributed by atoms with Crippen LogP contribution in [0.25, 0.3) is 0 Å². The van der Waals surface area contributed by atoms with Gasteiger partial charge >= 0.3 is 0 Å². The Morgan fingerprint density at radius 2 is 1.66 bits per heavy atom. The standard InChI is InChI=1S/C29H42N4O2/c1-31-10-12-32(13-11-31)7-3-8-33-9-6-24-25(28(33)35)4-2-5-26(24)30-27(34)20-29-17-21-14-22(18-29)16-23(15-21)19-29/h2,4-5,21-23H,3,6-20H2,1H3,(H,30,34). The Bertz CT molecular complexity index is 932. The molecule has 1 N–H and O–H groups in total. The van der Waals surface area contributed by atoms with Crippen molar-refractivity contribution < 1.29 is 9.59 Å². The predicted octanol–water partition coefficient (Wildman–Crippen LogP) is 3.87. The van der Waals surface area contributed by atoms with Crippen molar-refractivity contribution in [2.45, 2.75) is 57.8 Å². The molecule has 0 aromatic heterocycles. The second-order valence-corrected chi connectivity index (χ2v) is 12.5. The summed E-state index contributed by atoms with van der Waals surface area (Å²) >= 11 is 0. The molecule has 0 unspecified atom stereocenters. The molecule has 35 heavy (non-hydrogen) atoms. The van der Waals surface area contributed by atoms with Gasteiger partial charge in [-0.25, -0.2) is 0 Å². The molecule has 0 spiro atoms. The first-order valence-electron chi connectivity index (χ1n) is 14.1. The minimum Gasteiger partial charge on any atom is -0.338 e. The number of likely N-dealkylation sites (N-methyl/N-ethyl adjacent to an activating group) is 1. The van der Waals surface area contributed by atoms with Gasteiger partial charge in [0.2, 0.25) is 5.91 Å². The SMILES string of the molecule is CN1CCN(CCCN2CCc3c(NC(=O)CC45CC6CC(CC(C6)C4)C5)cccc3C2=O)CC1. The van der Waals surface area contributed by atoms with Crippen molar-refractivity contribution in [1.29, 1.82) is 0 Å². The number of benzene rings is 1. The molecule has 2 amide bonds. The van der Waals surface area contributed by atoms with E-state index in [2.05, 4.69) is 22.2 Å². The molecule has 2 aliphatic heterocycles. The summed E-state index contributed by atoms with van der Waals surface area (Å²) in [6.07, 6.45) is 10.5. The van der Waals surface area contributed by atoms with Gasteiger partial charge in [-0.1, -0.05) is 6.07 Å². The van der Waals surface area contributed by atoms with E-state index < -0.39 is 0 Å². The van der Waals surface area contributed by atoms with Crippen molar-refractivity contribution in [2.75, 3.05) is 58.2 Å². The summed E-state index contributed by atoms with van der Waals surface area (Å²) in [4.78, 5) is 33.4. The number of nitrogens with one attached hydrogen (secondary N) is 1. The third-order valence-electron chi connectivity index (χ3n) is 9.80. The fraction of sp³-hybridized carbons (Fsp3) is 0.724. The fourth-order valence-electron chi connectivity index (χ4n) is 8.50. The molecule has 1 aromatic rings. The van der Waals surface area contributed by atoms with Crippen molar-refractivity contribution in [3.8, 4) is 0 Å². The van der Waals surface area contributed by atoms with Gasteiger partial charge in [-0.15, -0.1) is 0 Å². The van der Waals surface area contributed by atoms with Gasteiger partial charge in [0.05, 0.1) is 0 Å². The fourth-order valence-corrected chi connectivity index (χ4v) is 8.50. The van der Waals surface area contributed by atoms with E-state index >= 15 is 0 Å². The summed E-state index contributed by atoms with van der Waals surface area (Å²) < 4.78 is 0. The molecular formula is C29H42N4O2. The van der Waals surface area contributed by atoms with Crippen molar-refractivity contribution >= 4 is 17.5 Å². The lowest BCUT2D eigenvalue weighted by Crippen LogP contribution is -2.47. The zero-order chi connectivity index (χ0) is 24.0. The van der Waals surface area contributed by atoms with Crippen LogP contribution in [0.3, 0.4) is 0 Å². The summed E-state index contributed by atoms with van der Waals surface area (Å²) in [5.74, 6) is 2.86. The van der Waals surface area contributed by atoms with E-state index in [0.717, 1.165) is 93.2 Å². The van der Waals surface area contributed by atoms with Gasteiger partial charge in [0, 0.05) is 56.9 Å². The van der Waals surface area contributed by atoms with Crippen LogP contribution in [0.5, 0.6) is 0 Å². The highest BCUT2D eigenvalue weighted by molar-refractivity contribution is 6.00. The molecule has 5 fully saturated rings. The number of hydrogen-bond donors (Lipinski definition) is 1. The molecule has 4 bridgehead atoms. The Hall–Kier alpha value is -1.92. The van der Waals surface area contributed by atoms with Gasteiger partial charge in [0.1, 0.15) is 0 Å². The van der Waals surface area contributed by atoms with Crippen molar-refractivity contribution in [2.24, 2.45) is 23.2 Å². The Balaban J connectivity index is 1.05. The van der Waals surface area contributed by atoms with Gasteiger partial charge in [-0.2, -0.15) is 0 Å². The van der Waals surface area contributed by atoms with Crippen LogP contribution < -0.4 is 5.32 Å². The Morgan fingerprint density at radius 1 is 0.971 bits per heavy atom. The summed E-state index contributed by atoms with van der Waals surface area (Å²) in [7, 11) is 2.18. The molecule has 6 aliphatic rings. The zero-order valence-electron chi connectivity index (χ0n) is 21.4. The summed E-state index contributed by atoms with van der Waals surface area (Å²) in [6, 6.07) is 5.87. The molecule has 0 atom stereocenters. The van der Waals surface area contributed by atoms with E-state index in [1.54, 1.807) is 0 Å². The monoisotopic (exact) mass is 478 g/mol. The van der Waals surface area contributed by atoms with E-state index in [9.17, 15) is 9.59 Å². The average Bonchev–Trinajstić information content (AvgIpc) is 2.81. The molecule has 4 saturated carbocycles. The van der Waals surface area contributed by atoms with Crippen LogP contribution in [-0.4, -0.2) is 79.4 Å². The Morgan fingerprint density at radius 3 is 2.34 bits per heavy atom. The van der Waals surface area contributed by atoms with Gasteiger partial charge in [0.25, 0.3) is 5.91 Å². The molecular weight excluding hydrogens is 436 g/mol. The van der Waals surface area contributed by atoms with Crippen molar-refractivity contribution in [1.82, 2.24) is 14.7 Å². The lowest BCUT2D eigenvalue weighted by molar-refractivity contribution is -0.124. The number of carbonyl (C=O) groups excluding carboxylic acids is 2. The lowest BCUT2D eigenvalue weighted by atomic mass is 9.49. The normalized spacial score (nSPS) is 32.7. The first-order valence-corrected chi connectivity index (χ1v) is 14.1. The highest BCUT2D eigenvalue weighted by atomic mass is 16.2. The number of anilines is 1. The van der Waals surface area contributed by atoms with E-state index in [0.29, 0.717) is 6.42 Å². The number of hydrogen-bond acceptors (Lipinski definition) is 4. The number of carbonyl (C=O) groups is 2. The number of amides is 2. The maximum Gasteiger partial charge on any atom is 0.254 e. The molecule has 4 aliphatic carbocycles. The summed E-state index contributed by atoms with van der Waals surface area (Å²) in [5.41, 5.74) is 2.92. The van der Waals surface area contributed by atoms with Crippen LogP contribution >= 0.6 is 0 Å². The zero-order valence-corrected chi connectivity index (χ0v) is 21.4. The topological polar surface area (TPSA) is 55.9 Å². The average molecular weight is 479 g/mol. The van der Waals surface area contributed by atoms with E-state index in [1.165, 1.54) is 38.5 Å². The lowest BCUT2D eigenvalue weighted by Gasteiger charge is -2.56. The molecule has 190 valence electrons. The highest BCUT2D eigenvalue weighted by Crippen LogP contribution is 2.61. The minimum atomic E-state index is 0.127. The largest absolute Gasteiger partial charge is 0.338 e. The number of nitrogens with zero attached hydrogens (tertiary/aromatic N) is 3. The molecule has 7 rings (SSSR count). The molecule has 6 nitrogen and oxygen atoms in total. The second-order valence-electron chi connectivity index (χ2n) is 12.5. The van der Waals surface area contributed by atoms with Crippen LogP contribution in [0.1, 0.15) is 67.3 Å². The Labute approximate surface area is 210 Å². The first kappa shape index (κ1) is 23.5.